The lowest BCUT2D eigenvalue weighted by atomic mass is 9.87. The van der Waals surface area contributed by atoms with Crippen LogP contribution in [0.1, 0.15) is 12.8 Å². The average Bonchev–Trinajstić information content (AvgIpc) is 3.43. The van der Waals surface area contributed by atoms with E-state index in [2.05, 4.69) is 9.88 Å². The van der Waals surface area contributed by atoms with Gasteiger partial charge in [-0.3, -0.25) is 0 Å². The first kappa shape index (κ1) is 21.3. The molecule has 1 spiro atoms. The first-order valence-corrected chi connectivity index (χ1v) is 11.1. The molecule has 168 valence electrons. The van der Waals surface area contributed by atoms with Crippen LogP contribution in [0.5, 0.6) is 11.5 Å². The summed E-state index contributed by atoms with van der Waals surface area (Å²) >= 11 is 13.3. The van der Waals surface area contributed by atoms with Crippen molar-refractivity contribution in [3.05, 3.63) is 28.4 Å². The van der Waals surface area contributed by atoms with Crippen LogP contribution in [0.4, 0.5) is 11.6 Å². The highest BCUT2D eigenvalue weighted by molar-refractivity contribution is 6.41. The molecule has 1 unspecified atom stereocenters. The van der Waals surface area contributed by atoms with Crippen molar-refractivity contribution < 1.29 is 14.2 Å². The van der Waals surface area contributed by atoms with Crippen molar-refractivity contribution in [2.24, 2.45) is 5.41 Å². The van der Waals surface area contributed by atoms with E-state index in [1.54, 1.807) is 18.3 Å². The maximum atomic E-state index is 6.65. The highest BCUT2D eigenvalue weighted by Crippen LogP contribution is 2.46. The number of benzene rings is 1. The molecule has 0 saturated carbocycles. The predicted octanol–water partition coefficient (Wildman–Crippen LogP) is 4.21. The minimum absolute atomic E-state index is 0.157. The third-order valence-corrected chi connectivity index (χ3v) is 7.05. The number of hydrogen-bond acceptors (Lipinski definition) is 8. The molecule has 3 aromatic rings. The third kappa shape index (κ3) is 3.46. The van der Waals surface area contributed by atoms with Crippen molar-refractivity contribution in [2.75, 3.05) is 51.2 Å². The van der Waals surface area contributed by atoms with Gasteiger partial charge in [-0.1, -0.05) is 23.2 Å². The number of nitrogen functional groups attached to an aromatic ring is 1. The van der Waals surface area contributed by atoms with Crippen molar-refractivity contribution in [3.63, 3.8) is 0 Å². The van der Waals surface area contributed by atoms with Gasteiger partial charge in [-0.25, -0.2) is 15.0 Å². The zero-order valence-electron chi connectivity index (χ0n) is 17.8. The van der Waals surface area contributed by atoms with Gasteiger partial charge in [0.1, 0.15) is 23.1 Å². The third-order valence-electron chi connectivity index (χ3n) is 6.30. The minimum atomic E-state index is 0.157. The number of aromatic nitrogens is 3. The highest BCUT2D eigenvalue weighted by atomic mass is 35.5. The van der Waals surface area contributed by atoms with Gasteiger partial charge in [0.2, 0.25) is 0 Å². The number of ether oxygens (including phenoxy) is 3. The number of rotatable bonds is 4. The highest BCUT2D eigenvalue weighted by Gasteiger charge is 2.42. The van der Waals surface area contributed by atoms with Crippen molar-refractivity contribution in [2.45, 2.75) is 12.8 Å². The second kappa shape index (κ2) is 8.10. The van der Waals surface area contributed by atoms with Crippen molar-refractivity contribution >= 4 is 45.7 Å². The fourth-order valence-corrected chi connectivity index (χ4v) is 5.22. The summed E-state index contributed by atoms with van der Waals surface area (Å²) in [7, 11) is 3.07. The normalized spacial score (nSPS) is 20.4. The fourth-order valence-electron chi connectivity index (χ4n) is 4.55. The Hall–Kier alpha value is -2.55. The lowest BCUT2D eigenvalue weighted by Gasteiger charge is -2.24. The summed E-state index contributed by atoms with van der Waals surface area (Å²) in [5.41, 5.74) is 7.25. The molecular formula is C22H23Cl2N5O3. The monoisotopic (exact) mass is 475 g/mol. The van der Waals surface area contributed by atoms with E-state index < -0.39 is 0 Å². The lowest BCUT2D eigenvalue weighted by Crippen LogP contribution is -2.28. The SMILES string of the molecule is COc1cc(OC)c(Cl)c(-c2nc(N3CCC4(CCOC4)C3)c3cc(N)ncc3n2)c1Cl. The van der Waals surface area contributed by atoms with E-state index in [1.807, 2.05) is 0 Å². The summed E-state index contributed by atoms with van der Waals surface area (Å²) in [6, 6.07) is 3.45. The largest absolute Gasteiger partial charge is 0.495 e. The van der Waals surface area contributed by atoms with Gasteiger partial charge in [-0.05, 0) is 18.9 Å². The number of anilines is 2. The summed E-state index contributed by atoms with van der Waals surface area (Å²) in [4.78, 5) is 16.1. The van der Waals surface area contributed by atoms with E-state index in [9.17, 15) is 0 Å². The van der Waals surface area contributed by atoms with Crippen LogP contribution in [0.15, 0.2) is 18.3 Å². The van der Waals surface area contributed by atoms with Crippen molar-refractivity contribution in [3.8, 4) is 22.9 Å². The average molecular weight is 476 g/mol. The summed E-state index contributed by atoms with van der Waals surface area (Å²) < 4.78 is 16.5. The van der Waals surface area contributed by atoms with Crippen LogP contribution in [0.3, 0.4) is 0 Å². The molecule has 1 atom stereocenters. The van der Waals surface area contributed by atoms with Crippen molar-refractivity contribution in [1.82, 2.24) is 15.0 Å². The molecule has 0 aliphatic carbocycles. The Labute approximate surface area is 195 Å². The summed E-state index contributed by atoms with van der Waals surface area (Å²) in [5.74, 6) is 2.40. The number of pyridine rings is 1. The molecular weight excluding hydrogens is 453 g/mol. The molecule has 2 aliphatic rings. The van der Waals surface area contributed by atoms with E-state index >= 15 is 0 Å². The molecule has 1 aromatic carbocycles. The Kier molecular flexibility index (Phi) is 5.39. The Balaban J connectivity index is 1.71. The number of nitrogens with two attached hydrogens (primary N) is 1. The van der Waals surface area contributed by atoms with E-state index in [0.717, 1.165) is 50.3 Å². The molecule has 2 aromatic heterocycles. The molecule has 0 bridgehead atoms. The second-order valence-corrected chi connectivity index (χ2v) is 9.01. The van der Waals surface area contributed by atoms with Gasteiger partial charge >= 0.3 is 0 Å². The Bertz CT molecular complexity index is 1170. The molecule has 2 N–H and O–H groups in total. The number of hydrogen-bond donors (Lipinski definition) is 1. The minimum Gasteiger partial charge on any atom is -0.495 e. The molecule has 2 fully saturated rings. The zero-order valence-corrected chi connectivity index (χ0v) is 19.3. The van der Waals surface area contributed by atoms with Gasteiger partial charge in [0.25, 0.3) is 0 Å². The van der Waals surface area contributed by atoms with Gasteiger partial charge in [0.05, 0.1) is 48.1 Å². The zero-order chi connectivity index (χ0) is 22.5. The quantitative estimate of drug-likeness (QED) is 0.598. The smallest absolute Gasteiger partial charge is 0.165 e. The molecule has 0 amide bonds. The van der Waals surface area contributed by atoms with Crippen LogP contribution in [0.2, 0.25) is 10.0 Å². The first-order chi connectivity index (χ1) is 15.4. The van der Waals surface area contributed by atoms with Gasteiger partial charge in [0.15, 0.2) is 5.82 Å². The van der Waals surface area contributed by atoms with Crippen LogP contribution >= 0.6 is 23.2 Å². The van der Waals surface area contributed by atoms with Crippen LogP contribution < -0.4 is 20.1 Å². The first-order valence-electron chi connectivity index (χ1n) is 10.3. The summed E-state index contributed by atoms with van der Waals surface area (Å²) in [6.45, 7) is 3.28. The molecule has 0 radical (unpaired) electrons. The van der Waals surface area contributed by atoms with Crippen LogP contribution in [0.25, 0.3) is 22.3 Å². The van der Waals surface area contributed by atoms with E-state index in [4.69, 9.17) is 53.1 Å². The maximum absolute atomic E-state index is 6.65. The van der Waals surface area contributed by atoms with E-state index in [1.165, 1.54) is 14.2 Å². The molecule has 2 aliphatic heterocycles. The van der Waals surface area contributed by atoms with Gasteiger partial charge in [0, 0.05) is 36.6 Å². The van der Waals surface area contributed by atoms with Crippen LogP contribution in [-0.4, -0.2) is 55.5 Å². The molecule has 8 nitrogen and oxygen atoms in total. The maximum Gasteiger partial charge on any atom is 0.165 e. The molecule has 5 rings (SSSR count). The van der Waals surface area contributed by atoms with Crippen LogP contribution in [0, 0.1) is 5.41 Å². The van der Waals surface area contributed by atoms with E-state index in [0.29, 0.717) is 44.3 Å². The topological polar surface area (TPSA) is 95.6 Å². The van der Waals surface area contributed by atoms with Crippen LogP contribution in [-0.2, 0) is 4.74 Å². The van der Waals surface area contributed by atoms with Crippen molar-refractivity contribution in [1.29, 1.82) is 0 Å². The molecule has 10 heteroatoms. The van der Waals surface area contributed by atoms with Gasteiger partial charge in [-0.2, -0.15) is 0 Å². The fraction of sp³-hybridized carbons (Fsp3) is 0.409. The summed E-state index contributed by atoms with van der Waals surface area (Å²) in [6.07, 6.45) is 3.74. The van der Waals surface area contributed by atoms with Gasteiger partial charge < -0.3 is 24.8 Å². The number of fused-ring (bicyclic) bond motifs is 1. The standard InChI is InChI=1S/C22H23Cl2N5O3/c1-30-14-8-15(31-2)19(24)17(18(14)23)20-27-13-9-26-16(25)7-12(13)21(28-20)29-5-3-22(10-29)4-6-32-11-22/h7-9H,3-6,10-11H2,1-2H3,(H2,25,26). The number of halogens is 2. The second-order valence-electron chi connectivity index (χ2n) is 8.26. The molecule has 4 heterocycles. The molecule has 2 saturated heterocycles. The van der Waals surface area contributed by atoms with Gasteiger partial charge in [-0.15, -0.1) is 0 Å². The Morgan fingerprint density at radius 3 is 2.50 bits per heavy atom. The van der Waals surface area contributed by atoms with E-state index in [-0.39, 0.29) is 5.41 Å². The number of nitrogens with zero attached hydrogens (tertiary/aromatic N) is 4. The molecule has 32 heavy (non-hydrogen) atoms. The number of methoxy groups -OCH3 is 2. The predicted molar refractivity (Wildman–Crippen MR) is 125 cm³/mol. The summed E-state index contributed by atoms with van der Waals surface area (Å²) in [5, 5.41) is 1.46. The lowest BCUT2D eigenvalue weighted by molar-refractivity contribution is 0.160. The Morgan fingerprint density at radius 2 is 1.84 bits per heavy atom. The Morgan fingerprint density at radius 1 is 1.09 bits per heavy atom.